The zero-order valence-corrected chi connectivity index (χ0v) is 13.0. The summed E-state index contributed by atoms with van der Waals surface area (Å²) in [6.07, 6.45) is 9.75. The van der Waals surface area contributed by atoms with Crippen LogP contribution in [0.15, 0.2) is 0 Å². The van der Waals surface area contributed by atoms with Gasteiger partial charge >= 0.3 is 6.03 Å². The number of hydrogen-bond donors (Lipinski definition) is 0. The van der Waals surface area contributed by atoms with Crippen LogP contribution in [0.2, 0.25) is 0 Å². The van der Waals surface area contributed by atoms with Crippen LogP contribution in [0, 0.1) is 5.41 Å². The summed E-state index contributed by atoms with van der Waals surface area (Å²) in [5.74, 6) is 0. The molecule has 0 aromatic carbocycles. The highest BCUT2D eigenvalue weighted by molar-refractivity contribution is 5.74. The lowest BCUT2D eigenvalue weighted by atomic mass is 9.75. The van der Waals surface area contributed by atoms with Crippen LogP contribution in [0.25, 0.3) is 0 Å². The van der Waals surface area contributed by atoms with Gasteiger partial charge in [0.25, 0.3) is 0 Å². The van der Waals surface area contributed by atoms with E-state index in [4.69, 9.17) is 0 Å². The lowest BCUT2D eigenvalue weighted by molar-refractivity contribution is 0.111. The Kier molecular flexibility index (Phi) is 4.75. The van der Waals surface area contributed by atoms with Crippen LogP contribution in [0.3, 0.4) is 0 Å². The van der Waals surface area contributed by atoms with E-state index >= 15 is 0 Å². The molecule has 0 bridgehead atoms. The molecule has 0 unspecified atom stereocenters. The van der Waals surface area contributed by atoms with Crippen molar-refractivity contribution in [2.45, 2.75) is 71.3 Å². The van der Waals surface area contributed by atoms with E-state index in [1.165, 1.54) is 51.4 Å². The van der Waals surface area contributed by atoms with Gasteiger partial charge in [-0.1, -0.05) is 26.7 Å². The fourth-order valence-electron chi connectivity index (χ4n) is 3.41. The van der Waals surface area contributed by atoms with Crippen LogP contribution in [0.1, 0.15) is 65.2 Å². The number of rotatable bonds is 1. The minimum Gasteiger partial charge on any atom is -0.325 e. The van der Waals surface area contributed by atoms with Gasteiger partial charge in [0.15, 0.2) is 0 Å². The normalized spacial score (nSPS) is 24.9. The van der Waals surface area contributed by atoms with Crippen LogP contribution in [-0.4, -0.2) is 42.0 Å². The van der Waals surface area contributed by atoms with Gasteiger partial charge in [-0.15, -0.1) is 0 Å². The van der Waals surface area contributed by atoms with Gasteiger partial charge in [-0.05, 0) is 43.9 Å². The monoisotopic (exact) mass is 266 g/mol. The number of carbonyl (C=O) groups is 1. The molecular weight excluding hydrogens is 236 g/mol. The first-order valence-corrected chi connectivity index (χ1v) is 8.01. The fraction of sp³-hybridized carbons (Fsp3) is 0.938. The topological polar surface area (TPSA) is 23.6 Å². The summed E-state index contributed by atoms with van der Waals surface area (Å²) in [5, 5.41) is 0. The van der Waals surface area contributed by atoms with Gasteiger partial charge in [-0.25, -0.2) is 4.79 Å². The van der Waals surface area contributed by atoms with Crippen molar-refractivity contribution >= 4 is 6.03 Å². The summed E-state index contributed by atoms with van der Waals surface area (Å²) >= 11 is 0. The van der Waals surface area contributed by atoms with E-state index in [9.17, 15) is 4.79 Å². The molecule has 1 heterocycles. The highest BCUT2D eigenvalue weighted by Gasteiger charge is 2.32. The molecule has 0 aromatic heterocycles. The van der Waals surface area contributed by atoms with Crippen LogP contribution >= 0.6 is 0 Å². The third-order valence-corrected chi connectivity index (χ3v) is 5.03. The molecule has 0 aromatic rings. The van der Waals surface area contributed by atoms with E-state index in [1.807, 2.05) is 11.9 Å². The third kappa shape index (κ3) is 3.87. The van der Waals surface area contributed by atoms with Gasteiger partial charge in [0.05, 0.1) is 0 Å². The second-order valence-electron chi connectivity index (χ2n) is 7.19. The van der Waals surface area contributed by atoms with Crippen LogP contribution < -0.4 is 0 Å². The van der Waals surface area contributed by atoms with Crippen molar-refractivity contribution in [3.05, 3.63) is 0 Å². The van der Waals surface area contributed by atoms with E-state index in [-0.39, 0.29) is 6.03 Å². The Balaban J connectivity index is 1.88. The standard InChI is InChI=1S/C16H30N2O/c1-16(2)10-8-14(9-11-16)17(3)15(19)18-12-6-4-5-7-13-18/h14H,4-13H2,1-3H3. The number of nitrogens with zero attached hydrogens (tertiary/aromatic N) is 2. The molecular formula is C16H30N2O. The lowest BCUT2D eigenvalue weighted by Gasteiger charge is -2.40. The summed E-state index contributed by atoms with van der Waals surface area (Å²) in [6, 6.07) is 0.732. The van der Waals surface area contributed by atoms with Gasteiger partial charge in [-0.3, -0.25) is 0 Å². The number of carbonyl (C=O) groups excluding carboxylic acids is 1. The maximum Gasteiger partial charge on any atom is 0.319 e. The largest absolute Gasteiger partial charge is 0.325 e. The minimum atomic E-state index is 0.270. The van der Waals surface area contributed by atoms with Crippen molar-refractivity contribution in [3.8, 4) is 0 Å². The van der Waals surface area contributed by atoms with Crippen molar-refractivity contribution in [2.24, 2.45) is 5.41 Å². The molecule has 0 radical (unpaired) electrons. The summed E-state index contributed by atoms with van der Waals surface area (Å²) in [4.78, 5) is 16.7. The molecule has 1 aliphatic carbocycles. The summed E-state index contributed by atoms with van der Waals surface area (Å²) in [5.41, 5.74) is 0.475. The molecule has 110 valence electrons. The van der Waals surface area contributed by atoms with E-state index in [2.05, 4.69) is 18.7 Å². The van der Waals surface area contributed by atoms with E-state index in [1.54, 1.807) is 0 Å². The summed E-state index contributed by atoms with van der Waals surface area (Å²) in [6.45, 7) is 6.61. The Labute approximate surface area is 118 Å². The SMILES string of the molecule is CN(C(=O)N1CCCCCC1)C1CCC(C)(C)CC1. The van der Waals surface area contributed by atoms with Crippen LogP contribution in [0.4, 0.5) is 4.79 Å². The van der Waals surface area contributed by atoms with Crippen molar-refractivity contribution in [3.63, 3.8) is 0 Å². The van der Waals surface area contributed by atoms with Crippen molar-refractivity contribution in [1.82, 2.24) is 9.80 Å². The minimum absolute atomic E-state index is 0.270. The van der Waals surface area contributed by atoms with Crippen molar-refractivity contribution in [1.29, 1.82) is 0 Å². The molecule has 1 aliphatic heterocycles. The summed E-state index contributed by atoms with van der Waals surface area (Å²) < 4.78 is 0. The molecule has 3 nitrogen and oxygen atoms in total. The van der Waals surface area contributed by atoms with Gasteiger partial charge < -0.3 is 9.80 Å². The first-order chi connectivity index (χ1) is 8.99. The maximum absolute atomic E-state index is 12.6. The number of hydrogen-bond acceptors (Lipinski definition) is 1. The molecule has 1 saturated carbocycles. The Morgan fingerprint density at radius 1 is 1.05 bits per heavy atom. The van der Waals surface area contributed by atoms with Gasteiger partial charge in [-0.2, -0.15) is 0 Å². The smallest absolute Gasteiger partial charge is 0.319 e. The molecule has 0 N–H and O–H groups in total. The fourth-order valence-corrected chi connectivity index (χ4v) is 3.41. The second-order valence-corrected chi connectivity index (χ2v) is 7.19. The molecule has 2 amide bonds. The molecule has 19 heavy (non-hydrogen) atoms. The predicted octanol–water partition coefficient (Wildman–Crippen LogP) is 3.88. The molecule has 2 fully saturated rings. The number of likely N-dealkylation sites (tertiary alicyclic amines) is 1. The van der Waals surface area contributed by atoms with Crippen molar-refractivity contribution < 1.29 is 4.79 Å². The zero-order chi connectivity index (χ0) is 13.9. The highest BCUT2D eigenvalue weighted by Crippen LogP contribution is 2.36. The Morgan fingerprint density at radius 3 is 2.11 bits per heavy atom. The second kappa shape index (κ2) is 6.15. The first kappa shape index (κ1) is 14.7. The summed E-state index contributed by atoms with van der Waals surface area (Å²) in [7, 11) is 2.01. The molecule has 0 atom stereocenters. The van der Waals surface area contributed by atoms with E-state index < -0.39 is 0 Å². The highest BCUT2D eigenvalue weighted by atomic mass is 16.2. The van der Waals surface area contributed by atoms with Crippen LogP contribution in [0.5, 0.6) is 0 Å². The maximum atomic E-state index is 12.6. The van der Waals surface area contributed by atoms with Crippen LogP contribution in [-0.2, 0) is 0 Å². The number of urea groups is 1. The molecule has 2 aliphatic rings. The quantitative estimate of drug-likeness (QED) is 0.706. The molecule has 3 heteroatoms. The van der Waals surface area contributed by atoms with Crippen molar-refractivity contribution in [2.75, 3.05) is 20.1 Å². The van der Waals surface area contributed by atoms with Gasteiger partial charge in [0.1, 0.15) is 0 Å². The average Bonchev–Trinajstić information content (AvgIpc) is 2.66. The lowest BCUT2D eigenvalue weighted by Crippen LogP contribution is -2.48. The molecule has 1 saturated heterocycles. The predicted molar refractivity (Wildman–Crippen MR) is 79.2 cm³/mol. The third-order valence-electron chi connectivity index (χ3n) is 5.03. The Bertz CT molecular complexity index is 296. The molecule has 0 spiro atoms. The number of amides is 2. The zero-order valence-electron chi connectivity index (χ0n) is 13.0. The van der Waals surface area contributed by atoms with E-state index in [0.717, 1.165) is 13.1 Å². The first-order valence-electron chi connectivity index (χ1n) is 8.01. The van der Waals surface area contributed by atoms with E-state index in [0.29, 0.717) is 11.5 Å². The Morgan fingerprint density at radius 2 is 1.58 bits per heavy atom. The van der Waals surface area contributed by atoms with Gasteiger partial charge in [0, 0.05) is 26.2 Å². The van der Waals surface area contributed by atoms with Gasteiger partial charge in [0.2, 0.25) is 0 Å². The average molecular weight is 266 g/mol. The Hall–Kier alpha value is -0.730. The molecule has 2 rings (SSSR count).